The number of rotatable bonds is 5. The number of benzene rings is 1. The van der Waals surface area contributed by atoms with Crippen LogP contribution in [0, 0.1) is 6.92 Å². The van der Waals surface area contributed by atoms with Crippen LogP contribution in [0.5, 0.6) is 0 Å². The molecule has 2 N–H and O–H groups in total. The lowest BCUT2D eigenvalue weighted by molar-refractivity contribution is 0.102. The highest BCUT2D eigenvalue weighted by atomic mass is 35.5. The van der Waals surface area contributed by atoms with Crippen molar-refractivity contribution in [2.24, 2.45) is 0 Å². The van der Waals surface area contributed by atoms with E-state index in [1.54, 1.807) is 24.4 Å². The molecule has 1 heterocycles. The Morgan fingerprint density at radius 3 is 2.90 bits per heavy atom. The minimum absolute atomic E-state index is 0.228. The van der Waals surface area contributed by atoms with Gasteiger partial charge in [-0.15, -0.1) is 0 Å². The number of amides is 1. The fraction of sp³-hybridized carbons (Fsp3) is 0.250. The van der Waals surface area contributed by atoms with Gasteiger partial charge in [-0.05, 0) is 43.2 Å². The van der Waals surface area contributed by atoms with Crippen molar-refractivity contribution >= 4 is 29.0 Å². The lowest BCUT2D eigenvalue weighted by Gasteiger charge is -2.11. The highest BCUT2D eigenvalue weighted by molar-refractivity contribution is 6.34. The zero-order valence-corrected chi connectivity index (χ0v) is 12.9. The summed E-state index contributed by atoms with van der Waals surface area (Å²) >= 11 is 6.11. The smallest absolute Gasteiger partial charge is 0.259 e. The average Bonchev–Trinajstić information content (AvgIpc) is 2.49. The second kappa shape index (κ2) is 7.09. The van der Waals surface area contributed by atoms with Crippen molar-refractivity contribution in [2.45, 2.75) is 20.3 Å². The predicted molar refractivity (Wildman–Crippen MR) is 87.2 cm³/mol. The molecule has 21 heavy (non-hydrogen) atoms. The number of carbonyl (C=O) groups excluding carboxylic acids is 1. The third kappa shape index (κ3) is 3.95. The quantitative estimate of drug-likeness (QED) is 0.873. The van der Waals surface area contributed by atoms with Crippen LogP contribution in [0.3, 0.4) is 0 Å². The van der Waals surface area contributed by atoms with Crippen LogP contribution in [0.4, 0.5) is 11.5 Å². The van der Waals surface area contributed by atoms with Gasteiger partial charge >= 0.3 is 0 Å². The lowest BCUT2D eigenvalue weighted by Crippen LogP contribution is -2.16. The molecule has 0 saturated heterocycles. The maximum absolute atomic E-state index is 12.4. The van der Waals surface area contributed by atoms with Gasteiger partial charge in [-0.2, -0.15) is 0 Å². The zero-order chi connectivity index (χ0) is 15.2. The highest BCUT2D eigenvalue weighted by Crippen LogP contribution is 2.24. The molecule has 0 spiro atoms. The van der Waals surface area contributed by atoms with Gasteiger partial charge in [-0.25, -0.2) is 4.98 Å². The molecule has 4 nitrogen and oxygen atoms in total. The average molecular weight is 304 g/mol. The van der Waals surface area contributed by atoms with Gasteiger partial charge in [-0.3, -0.25) is 4.79 Å². The Morgan fingerprint density at radius 1 is 1.33 bits per heavy atom. The SMILES string of the molecule is CCCNc1ncccc1C(=O)Nc1cc(C)ccc1Cl. The molecule has 0 aliphatic rings. The third-order valence-corrected chi connectivity index (χ3v) is 3.29. The molecule has 0 saturated carbocycles. The summed E-state index contributed by atoms with van der Waals surface area (Å²) in [6.45, 7) is 4.77. The summed E-state index contributed by atoms with van der Waals surface area (Å²) in [6.07, 6.45) is 2.62. The Bertz CT molecular complexity index is 643. The number of pyridine rings is 1. The summed E-state index contributed by atoms with van der Waals surface area (Å²) in [5.74, 6) is 0.356. The van der Waals surface area contributed by atoms with Crippen LogP contribution in [0.2, 0.25) is 5.02 Å². The molecule has 2 aromatic rings. The number of carbonyl (C=O) groups is 1. The molecule has 0 radical (unpaired) electrons. The van der Waals surface area contributed by atoms with E-state index in [1.807, 2.05) is 19.1 Å². The van der Waals surface area contributed by atoms with Crippen LogP contribution in [-0.4, -0.2) is 17.4 Å². The first kappa shape index (κ1) is 15.3. The van der Waals surface area contributed by atoms with Gasteiger partial charge in [0.2, 0.25) is 0 Å². The van der Waals surface area contributed by atoms with Crippen molar-refractivity contribution in [2.75, 3.05) is 17.2 Å². The minimum atomic E-state index is -0.228. The number of hydrogen-bond donors (Lipinski definition) is 2. The summed E-state index contributed by atoms with van der Waals surface area (Å²) in [7, 11) is 0. The van der Waals surface area contributed by atoms with Gasteiger partial charge in [0.25, 0.3) is 5.91 Å². The monoisotopic (exact) mass is 303 g/mol. The fourth-order valence-electron chi connectivity index (χ4n) is 1.90. The molecule has 0 aliphatic heterocycles. The largest absolute Gasteiger partial charge is 0.369 e. The van der Waals surface area contributed by atoms with E-state index in [0.717, 1.165) is 18.5 Å². The number of halogens is 1. The Kier molecular flexibility index (Phi) is 5.17. The topological polar surface area (TPSA) is 54.0 Å². The molecule has 1 aromatic carbocycles. The van der Waals surface area contributed by atoms with E-state index in [2.05, 4.69) is 22.5 Å². The Labute approximate surface area is 129 Å². The number of nitrogens with one attached hydrogen (secondary N) is 2. The fourth-order valence-corrected chi connectivity index (χ4v) is 2.06. The molecule has 0 atom stereocenters. The van der Waals surface area contributed by atoms with E-state index in [0.29, 0.717) is 22.1 Å². The maximum atomic E-state index is 12.4. The summed E-state index contributed by atoms with van der Waals surface area (Å²) in [6, 6.07) is 8.99. The van der Waals surface area contributed by atoms with Gasteiger partial charge < -0.3 is 10.6 Å². The molecular formula is C16H18ClN3O. The number of aromatic nitrogens is 1. The van der Waals surface area contributed by atoms with Crippen molar-refractivity contribution in [3.05, 3.63) is 52.7 Å². The lowest BCUT2D eigenvalue weighted by atomic mass is 10.2. The molecule has 0 bridgehead atoms. The summed E-state index contributed by atoms with van der Waals surface area (Å²) in [5, 5.41) is 6.50. The van der Waals surface area contributed by atoms with Gasteiger partial charge in [-0.1, -0.05) is 24.6 Å². The zero-order valence-electron chi connectivity index (χ0n) is 12.1. The molecule has 2 rings (SSSR count). The number of anilines is 2. The second-order valence-electron chi connectivity index (χ2n) is 4.76. The number of aryl methyl sites for hydroxylation is 1. The Hall–Kier alpha value is -2.07. The van der Waals surface area contributed by atoms with Crippen molar-refractivity contribution in [3.8, 4) is 0 Å². The van der Waals surface area contributed by atoms with Gasteiger partial charge in [0.1, 0.15) is 5.82 Å². The third-order valence-electron chi connectivity index (χ3n) is 2.96. The molecule has 1 amide bonds. The van der Waals surface area contributed by atoms with E-state index in [-0.39, 0.29) is 5.91 Å². The van der Waals surface area contributed by atoms with Gasteiger partial charge in [0.15, 0.2) is 0 Å². The van der Waals surface area contributed by atoms with Crippen LogP contribution >= 0.6 is 11.6 Å². The number of hydrogen-bond acceptors (Lipinski definition) is 3. The van der Waals surface area contributed by atoms with Crippen LogP contribution < -0.4 is 10.6 Å². The first-order chi connectivity index (χ1) is 10.1. The first-order valence-corrected chi connectivity index (χ1v) is 7.26. The molecule has 0 unspecified atom stereocenters. The maximum Gasteiger partial charge on any atom is 0.259 e. The molecular weight excluding hydrogens is 286 g/mol. The summed E-state index contributed by atoms with van der Waals surface area (Å²) in [5.41, 5.74) is 2.14. The van der Waals surface area contributed by atoms with Crippen LogP contribution in [0.1, 0.15) is 29.3 Å². The predicted octanol–water partition coefficient (Wildman–Crippen LogP) is 4.12. The van der Waals surface area contributed by atoms with E-state index < -0.39 is 0 Å². The molecule has 5 heteroatoms. The number of nitrogens with zero attached hydrogens (tertiary/aromatic N) is 1. The van der Waals surface area contributed by atoms with Crippen LogP contribution in [0.25, 0.3) is 0 Å². The van der Waals surface area contributed by atoms with Gasteiger partial charge in [0.05, 0.1) is 16.3 Å². The molecule has 0 aliphatic carbocycles. The highest BCUT2D eigenvalue weighted by Gasteiger charge is 2.13. The van der Waals surface area contributed by atoms with Crippen LogP contribution in [-0.2, 0) is 0 Å². The summed E-state index contributed by atoms with van der Waals surface area (Å²) < 4.78 is 0. The van der Waals surface area contributed by atoms with Crippen molar-refractivity contribution in [1.82, 2.24) is 4.98 Å². The van der Waals surface area contributed by atoms with Crippen molar-refractivity contribution < 1.29 is 4.79 Å². The molecule has 110 valence electrons. The minimum Gasteiger partial charge on any atom is -0.369 e. The summed E-state index contributed by atoms with van der Waals surface area (Å²) in [4.78, 5) is 16.6. The van der Waals surface area contributed by atoms with E-state index >= 15 is 0 Å². The van der Waals surface area contributed by atoms with Crippen molar-refractivity contribution in [3.63, 3.8) is 0 Å². The van der Waals surface area contributed by atoms with Crippen molar-refractivity contribution in [1.29, 1.82) is 0 Å². The normalized spacial score (nSPS) is 10.2. The Morgan fingerprint density at radius 2 is 2.14 bits per heavy atom. The van der Waals surface area contributed by atoms with Gasteiger partial charge in [0, 0.05) is 12.7 Å². The second-order valence-corrected chi connectivity index (χ2v) is 5.17. The Balaban J connectivity index is 2.22. The van der Waals surface area contributed by atoms with Crippen LogP contribution in [0.15, 0.2) is 36.5 Å². The first-order valence-electron chi connectivity index (χ1n) is 6.88. The molecule has 1 aromatic heterocycles. The van der Waals surface area contributed by atoms with E-state index in [4.69, 9.17) is 11.6 Å². The van der Waals surface area contributed by atoms with E-state index in [9.17, 15) is 4.79 Å². The van der Waals surface area contributed by atoms with E-state index in [1.165, 1.54) is 0 Å². The standard InChI is InChI=1S/C16H18ClN3O/c1-3-8-18-15-12(5-4-9-19-15)16(21)20-14-10-11(2)6-7-13(14)17/h4-7,9-10H,3,8H2,1-2H3,(H,18,19)(H,20,21). The molecule has 0 fully saturated rings.